The van der Waals surface area contributed by atoms with Gasteiger partial charge in [0, 0.05) is 10.9 Å². The van der Waals surface area contributed by atoms with Crippen LogP contribution < -0.4 is 15.4 Å². The van der Waals surface area contributed by atoms with Gasteiger partial charge in [-0.15, -0.1) is 11.3 Å². The zero-order valence-electron chi connectivity index (χ0n) is 16.1. The Kier molecular flexibility index (Phi) is 6.65. The van der Waals surface area contributed by atoms with E-state index in [9.17, 15) is 14.9 Å². The lowest BCUT2D eigenvalue weighted by Gasteiger charge is -2.13. The molecule has 2 aromatic rings. The van der Waals surface area contributed by atoms with E-state index in [1.165, 1.54) is 48.6 Å². The van der Waals surface area contributed by atoms with Gasteiger partial charge in [-0.25, -0.2) is 4.79 Å². The molecule has 1 aliphatic rings. The fraction of sp³-hybridized carbons (Fsp3) is 0.368. The molecule has 0 unspecified atom stereocenters. The summed E-state index contributed by atoms with van der Waals surface area (Å²) < 4.78 is 10.2. The lowest BCUT2D eigenvalue weighted by atomic mass is 10.1. The molecular weight excluding hydrogens is 414 g/mol. The Morgan fingerprint density at radius 2 is 1.97 bits per heavy atom. The number of thiocarbonyl (C=S) groups is 1. The summed E-state index contributed by atoms with van der Waals surface area (Å²) in [5.41, 5.74) is 1.97. The van der Waals surface area contributed by atoms with Crippen molar-refractivity contribution in [1.29, 1.82) is 0 Å². The first-order chi connectivity index (χ1) is 13.9. The van der Waals surface area contributed by atoms with Crippen LogP contribution in [0.4, 0.5) is 16.4 Å². The smallest absolute Gasteiger partial charge is 0.341 e. The number of non-ortho nitro benzene ring substituents is 1. The number of hydrogen-bond acceptors (Lipinski definition) is 7. The van der Waals surface area contributed by atoms with Crippen molar-refractivity contribution in [3.05, 3.63) is 44.3 Å². The molecule has 2 N–H and O–H groups in total. The number of nitrogens with zero attached hydrogens (tertiary/aromatic N) is 1. The molecule has 0 saturated carbocycles. The van der Waals surface area contributed by atoms with E-state index in [4.69, 9.17) is 21.7 Å². The molecular formula is C19H21N3O5S2. The summed E-state index contributed by atoms with van der Waals surface area (Å²) in [4.78, 5) is 24.0. The van der Waals surface area contributed by atoms with Gasteiger partial charge < -0.3 is 20.1 Å². The maximum atomic E-state index is 12.4. The van der Waals surface area contributed by atoms with Gasteiger partial charge in [0.1, 0.15) is 10.8 Å². The molecule has 0 amide bonds. The van der Waals surface area contributed by atoms with Gasteiger partial charge >= 0.3 is 5.97 Å². The van der Waals surface area contributed by atoms with Gasteiger partial charge in [0.05, 0.1) is 36.5 Å². The van der Waals surface area contributed by atoms with Crippen LogP contribution in [-0.2, 0) is 17.6 Å². The van der Waals surface area contributed by atoms with Crippen molar-refractivity contribution in [2.24, 2.45) is 0 Å². The summed E-state index contributed by atoms with van der Waals surface area (Å²) in [6.07, 6.45) is 5.05. The number of esters is 1. The van der Waals surface area contributed by atoms with Crippen molar-refractivity contribution in [1.82, 2.24) is 0 Å². The third-order valence-electron chi connectivity index (χ3n) is 4.68. The third kappa shape index (κ3) is 4.65. The van der Waals surface area contributed by atoms with Gasteiger partial charge in [-0.1, -0.05) is 6.42 Å². The van der Waals surface area contributed by atoms with Gasteiger partial charge in [0.2, 0.25) is 0 Å². The largest absolute Gasteiger partial charge is 0.494 e. The maximum Gasteiger partial charge on any atom is 0.341 e. The van der Waals surface area contributed by atoms with Crippen molar-refractivity contribution in [2.75, 3.05) is 24.9 Å². The van der Waals surface area contributed by atoms with Gasteiger partial charge in [-0.2, -0.15) is 0 Å². The highest BCUT2D eigenvalue weighted by molar-refractivity contribution is 7.80. The number of carbonyl (C=O) groups excluding carboxylic acids is 1. The summed E-state index contributed by atoms with van der Waals surface area (Å²) in [5, 5.41) is 17.9. The van der Waals surface area contributed by atoms with E-state index in [2.05, 4.69) is 10.6 Å². The third-order valence-corrected chi connectivity index (χ3v) is 6.09. The average Bonchev–Trinajstić information content (AvgIpc) is 2.87. The molecule has 0 fully saturated rings. The number of aryl methyl sites for hydroxylation is 1. The number of nitrogens with one attached hydrogen (secondary N) is 2. The van der Waals surface area contributed by atoms with Crippen LogP contribution >= 0.6 is 23.6 Å². The number of fused-ring (bicyclic) bond motifs is 1. The number of rotatable bonds is 5. The number of methoxy groups -OCH3 is 2. The molecule has 10 heteroatoms. The second kappa shape index (κ2) is 9.19. The standard InChI is InChI=1S/C19H21N3O5S2/c1-26-14-10-11(22(24)25)8-9-13(14)20-19(28)21-17-16(18(23)27-2)12-6-4-3-5-7-15(12)29-17/h8-10H,3-7H2,1-2H3,(H2,20,21,28). The number of benzene rings is 1. The van der Waals surface area contributed by atoms with Gasteiger partial charge in [-0.3, -0.25) is 10.1 Å². The number of nitro benzene ring substituents is 1. The molecule has 8 nitrogen and oxygen atoms in total. The van der Waals surface area contributed by atoms with Crippen LogP contribution in [0.1, 0.15) is 40.1 Å². The number of hydrogen-bond donors (Lipinski definition) is 2. The molecule has 29 heavy (non-hydrogen) atoms. The van der Waals surface area contributed by atoms with E-state index >= 15 is 0 Å². The first-order valence-corrected chi connectivity index (χ1v) is 10.3. The van der Waals surface area contributed by atoms with E-state index in [1.807, 2.05) is 0 Å². The fourth-order valence-corrected chi connectivity index (χ4v) is 4.86. The minimum Gasteiger partial charge on any atom is -0.494 e. The van der Waals surface area contributed by atoms with Crippen molar-refractivity contribution >= 4 is 51.0 Å². The molecule has 1 aliphatic carbocycles. The van der Waals surface area contributed by atoms with E-state index in [0.717, 1.165) is 37.7 Å². The zero-order valence-corrected chi connectivity index (χ0v) is 17.7. The lowest BCUT2D eigenvalue weighted by Crippen LogP contribution is -2.20. The van der Waals surface area contributed by atoms with Crippen LogP contribution in [0.25, 0.3) is 0 Å². The predicted octanol–water partition coefficient (Wildman–Crippen LogP) is 4.53. The zero-order chi connectivity index (χ0) is 21.0. The van der Waals surface area contributed by atoms with Crippen molar-refractivity contribution in [3.63, 3.8) is 0 Å². The molecule has 1 heterocycles. The molecule has 1 aromatic heterocycles. The topological polar surface area (TPSA) is 103 Å². The summed E-state index contributed by atoms with van der Waals surface area (Å²) in [6.45, 7) is 0. The number of nitro groups is 1. The second-order valence-electron chi connectivity index (χ2n) is 6.48. The van der Waals surface area contributed by atoms with Crippen LogP contribution in [0, 0.1) is 10.1 Å². The van der Waals surface area contributed by atoms with Crippen LogP contribution in [-0.4, -0.2) is 30.2 Å². The Balaban J connectivity index is 1.84. The Hall–Kier alpha value is -2.72. The lowest BCUT2D eigenvalue weighted by molar-refractivity contribution is -0.384. The highest BCUT2D eigenvalue weighted by atomic mass is 32.1. The molecule has 1 aromatic carbocycles. The summed E-state index contributed by atoms with van der Waals surface area (Å²) in [7, 11) is 2.79. The first-order valence-electron chi connectivity index (χ1n) is 9.08. The summed E-state index contributed by atoms with van der Waals surface area (Å²) in [6, 6.07) is 4.20. The number of anilines is 2. The van der Waals surface area contributed by atoms with Crippen LogP contribution in [0.2, 0.25) is 0 Å². The fourth-order valence-electron chi connectivity index (χ4n) is 3.30. The molecule has 0 atom stereocenters. The first kappa shape index (κ1) is 21.0. The predicted molar refractivity (Wildman–Crippen MR) is 116 cm³/mol. The molecule has 0 aliphatic heterocycles. The summed E-state index contributed by atoms with van der Waals surface area (Å²) >= 11 is 6.92. The van der Waals surface area contributed by atoms with E-state index in [0.29, 0.717) is 22.0 Å². The molecule has 0 radical (unpaired) electrons. The van der Waals surface area contributed by atoms with E-state index < -0.39 is 4.92 Å². The Morgan fingerprint density at radius 3 is 2.66 bits per heavy atom. The average molecular weight is 436 g/mol. The summed E-state index contributed by atoms with van der Waals surface area (Å²) in [5.74, 6) is -0.0962. The number of ether oxygens (including phenoxy) is 2. The minimum absolute atomic E-state index is 0.0822. The molecule has 0 saturated heterocycles. The van der Waals surface area contributed by atoms with Crippen LogP contribution in [0.5, 0.6) is 5.75 Å². The quantitative estimate of drug-likeness (QED) is 0.232. The normalized spacial score (nSPS) is 13.0. The Morgan fingerprint density at radius 1 is 1.21 bits per heavy atom. The molecule has 0 spiro atoms. The van der Waals surface area contributed by atoms with Crippen molar-refractivity contribution in [3.8, 4) is 5.75 Å². The monoisotopic (exact) mass is 435 g/mol. The minimum atomic E-state index is -0.496. The van der Waals surface area contributed by atoms with Gasteiger partial charge in [-0.05, 0) is 49.5 Å². The highest BCUT2D eigenvalue weighted by Crippen LogP contribution is 2.38. The molecule has 3 rings (SSSR count). The highest BCUT2D eigenvalue weighted by Gasteiger charge is 2.26. The van der Waals surface area contributed by atoms with E-state index in [1.54, 1.807) is 0 Å². The Labute approximate surface area is 177 Å². The second-order valence-corrected chi connectivity index (χ2v) is 7.99. The Bertz CT molecular complexity index is 958. The van der Waals surface area contributed by atoms with Crippen LogP contribution in [0.15, 0.2) is 18.2 Å². The van der Waals surface area contributed by atoms with Gasteiger partial charge in [0.15, 0.2) is 5.11 Å². The van der Waals surface area contributed by atoms with Gasteiger partial charge in [0.25, 0.3) is 5.69 Å². The number of carbonyl (C=O) groups is 1. The SMILES string of the molecule is COC(=O)c1c(NC(=S)Nc2ccc([N+](=O)[O-])cc2OC)sc2c1CCCCC2. The van der Waals surface area contributed by atoms with E-state index in [-0.39, 0.29) is 16.8 Å². The van der Waals surface area contributed by atoms with Crippen molar-refractivity contribution in [2.45, 2.75) is 32.1 Å². The number of thiophene rings is 1. The molecule has 0 bridgehead atoms. The maximum absolute atomic E-state index is 12.4. The van der Waals surface area contributed by atoms with Crippen LogP contribution in [0.3, 0.4) is 0 Å². The molecule has 154 valence electrons. The van der Waals surface area contributed by atoms with Crippen molar-refractivity contribution < 1.29 is 19.2 Å².